The third-order valence-electron chi connectivity index (χ3n) is 6.53. The second-order valence-electron chi connectivity index (χ2n) is 8.72. The molecule has 0 atom stereocenters. The van der Waals surface area contributed by atoms with Crippen LogP contribution < -0.4 is 16.0 Å². The monoisotopic (exact) mass is 501 g/mol. The van der Waals surface area contributed by atoms with Crippen molar-refractivity contribution in [3.05, 3.63) is 46.8 Å². The molecule has 0 radical (unpaired) electrons. The molecule has 0 spiro atoms. The van der Waals surface area contributed by atoms with E-state index in [9.17, 15) is 4.79 Å². The molecule has 0 bridgehead atoms. The molecule has 34 heavy (non-hydrogen) atoms. The molecule has 178 valence electrons. The molecule has 1 aromatic carbocycles. The maximum Gasteiger partial charge on any atom is 0.253 e. The topological polar surface area (TPSA) is 111 Å². The summed E-state index contributed by atoms with van der Waals surface area (Å²) in [6.45, 7) is 2.46. The molecule has 0 unspecified atom stereocenters. The number of benzene rings is 1. The second-order valence-corrected chi connectivity index (χ2v) is 9.49. The van der Waals surface area contributed by atoms with Gasteiger partial charge in [0.2, 0.25) is 5.95 Å². The maximum absolute atomic E-state index is 12.0. The van der Waals surface area contributed by atoms with E-state index in [-0.39, 0.29) is 17.9 Å². The van der Waals surface area contributed by atoms with Crippen LogP contribution in [0.1, 0.15) is 19.3 Å². The number of carbonyl (C=O) groups excluding carboxylic acids is 1. The van der Waals surface area contributed by atoms with Crippen molar-refractivity contribution in [2.45, 2.75) is 25.8 Å². The smallest absolute Gasteiger partial charge is 0.253 e. The molecule has 11 heteroatoms. The first-order valence-electron chi connectivity index (χ1n) is 11.2. The fourth-order valence-electron chi connectivity index (χ4n) is 4.32. The van der Waals surface area contributed by atoms with E-state index < -0.39 is 0 Å². The second kappa shape index (κ2) is 9.50. The van der Waals surface area contributed by atoms with Crippen molar-refractivity contribution in [3.63, 3.8) is 0 Å². The zero-order chi connectivity index (χ0) is 23.7. The summed E-state index contributed by atoms with van der Waals surface area (Å²) in [4.78, 5) is 22.6. The van der Waals surface area contributed by atoms with Crippen molar-refractivity contribution in [1.82, 2.24) is 19.7 Å². The minimum atomic E-state index is -0.0512. The van der Waals surface area contributed by atoms with Crippen LogP contribution in [0.4, 0.5) is 17.3 Å². The van der Waals surface area contributed by atoms with Crippen LogP contribution in [0.2, 0.25) is 10.2 Å². The van der Waals surface area contributed by atoms with Crippen molar-refractivity contribution >= 4 is 46.4 Å². The fourth-order valence-corrected chi connectivity index (χ4v) is 4.76. The number of morpholine rings is 1. The Labute approximate surface area is 207 Å². The summed E-state index contributed by atoms with van der Waals surface area (Å²) in [5.74, 6) is 0.320. The highest BCUT2D eigenvalue weighted by atomic mass is 35.5. The van der Waals surface area contributed by atoms with Crippen molar-refractivity contribution in [2.24, 2.45) is 11.1 Å². The summed E-state index contributed by atoms with van der Waals surface area (Å²) >= 11 is 13.1. The van der Waals surface area contributed by atoms with Crippen LogP contribution in [0.5, 0.6) is 0 Å². The summed E-state index contributed by atoms with van der Waals surface area (Å²) in [6.07, 6.45) is 6.55. The zero-order valence-corrected chi connectivity index (χ0v) is 20.0. The van der Waals surface area contributed by atoms with Gasteiger partial charge in [-0.15, -0.1) is 0 Å². The number of aromatic nitrogens is 4. The number of anilines is 3. The molecule has 2 aliphatic rings. The van der Waals surface area contributed by atoms with Crippen LogP contribution in [0.15, 0.2) is 36.7 Å². The Hall–Kier alpha value is -2.72. The van der Waals surface area contributed by atoms with E-state index in [4.69, 9.17) is 33.7 Å². The Morgan fingerprint density at radius 2 is 1.97 bits per heavy atom. The number of ether oxygens (including phenoxy) is 1. The van der Waals surface area contributed by atoms with E-state index in [1.54, 1.807) is 15.8 Å². The molecule has 2 fully saturated rings. The lowest BCUT2D eigenvalue weighted by molar-refractivity contribution is -0.125. The molecule has 3 N–H and O–H groups in total. The quantitative estimate of drug-likeness (QED) is 0.505. The van der Waals surface area contributed by atoms with Gasteiger partial charge in [-0.25, -0.2) is 9.97 Å². The van der Waals surface area contributed by atoms with Crippen LogP contribution in [0.3, 0.4) is 0 Å². The first-order chi connectivity index (χ1) is 16.5. The molecular weight excluding hydrogens is 477 g/mol. The number of nitrogens with zero attached hydrogens (tertiary/aromatic N) is 5. The van der Waals surface area contributed by atoms with Crippen LogP contribution in [0.25, 0.3) is 11.3 Å². The first-order valence-corrected chi connectivity index (χ1v) is 11.9. The lowest BCUT2D eigenvalue weighted by Gasteiger charge is -2.40. The van der Waals surface area contributed by atoms with Gasteiger partial charge >= 0.3 is 0 Å². The molecule has 1 saturated carbocycles. The van der Waals surface area contributed by atoms with Gasteiger partial charge in [-0.2, -0.15) is 5.10 Å². The minimum Gasteiger partial charge on any atom is -0.370 e. The predicted octanol–water partition coefficient (Wildman–Crippen LogP) is 3.88. The molecular formula is C23H25Cl2N7O2. The Morgan fingerprint density at radius 3 is 2.65 bits per heavy atom. The van der Waals surface area contributed by atoms with E-state index in [0.717, 1.165) is 24.2 Å². The molecule has 1 amide bonds. The number of nitrogens with two attached hydrogens (primary N) is 1. The number of nitrogens with one attached hydrogen (secondary N) is 1. The molecule has 1 saturated heterocycles. The van der Waals surface area contributed by atoms with Gasteiger partial charge in [0.1, 0.15) is 11.8 Å². The summed E-state index contributed by atoms with van der Waals surface area (Å²) in [6, 6.07) is 7.48. The number of hydrogen-bond donors (Lipinski definition) is 2. The largest absolute Gasteiger partial charge is 0.370 e. The van der Waals surface area contributed by atoms with E-state index >= 15 is 0 Å². The summed E-state index contributed by atoms with van der Waals surface area (Å²) < 4.78 is 6.97. The molecule has 3 aromatic rings. The summed E-state index contributed by atoms with van der Waals surface area (Å²) in [5, 5.41) is 8.51. The Bertz CT molecular complexity index is 1190. The van der Waals surface area contributed by atoms with Gasteiger partial charge in [0.05, 0.1) is 35.3 Å². The van der Waals surface area contributed by atoms with Crippen LogP contribution in [0, 0.1) is 5.41 Å². The van der Waals surface area contributed by atoms with Crippen LogP contribution in [-0.4, -0.2) is 52.0 Å². The molecule has 1 aliphatic carbocycles. The van der Waals surface area contributed by atoms with Gasteiger partial charge in [-0.05, 0) is 43.7 Å². The molecule has 3 heterocycles. The number of halogens is 2. The lowest BCUT2D eigenvalue weighted by Crippen LogP contribution is -2.41. The highest BCUT2D eigenvalue weighted by molar-refractivity contribution is 6.35. The molecule has 9 nitrogen and oxygen atoms in total. The third-order valence-corrected chi connectivity index (χ3v) is 7.20. The highest BCUT2D eigenvalue weighted by Gasteiger charge is 2.37. The van der Waals surface area contributed by atoms with Crippen molar-refractivity contribution in [3.8, 4) is 11.3 Å². The highest BCUT2D eigenvalue weighted by Crippen LogP contribution is 2.42. The van der Waals surface area contributed by atoms with Crippen molar-refractivity contribution in [1.29, 1.82) is 0 Å². The predicted molar refractivity (Wildman–Crippen MR) is 132 cm³/mol. The average molecular weight is 502 g/mol. The normalized spacial score (nSPS) is 17.5. The number of hydrogen-bond acceptors (Lipinski definition) is 7. The van der Waals surface area contributed by atoms with Gasteiger partial charge in [0, 0.05) is 29.9 Å². The van der Waals surface area contributed by atoms with Crippen LogP contribution >= 0.6 is 23.2 Å². The van der Waals surface area contributed by atoms with Gasteiger partial charge < -0.3 is 20.7 Å². The molecule has 2 aromatic heterocycles. The molecule has 5 rings (SSSR count). The maximum atomic E-state index is 12.0. The average Bonchev–Trinajstić information content (AvgIpc) is 3.18. The Balaban J connectivity index is 1.34. The Kier molecular flexibility index (Phi) is 6.44. The summed E-state index contributed by atoms with van der Waals surface area (Å²) in [7, 11) is 0. The van der Waals surface area contributed by atoms with E-state index in [0.29, 0.717) is 53.6 Å². The number of amides is 1. The number of rotatable bonds is 7. The van der Waals surface area contributed by atoms with Gasteiger partial charge in [0.25, 0.3) is 5.91 Å². The van der Waals surface area contributed by atoms with Crippen LogP contribution in [-0.2, 0) is 16.1 Å². The third kappa shape index (κ3) is 4.48. The standard InChI is InChI=1S/C23H25Cl2N7O2/c24-18-11-27-22(29-15-2-4-16(5-3-15)31-8-9-34-12-19(31)33)30-20(18)17-10-28-32(21(17)25)14-23(13-26)6-1-7-23/h2-5,10-11H,1,6-9,12-14,26H2,(H,27,29,30). The van der Waals surface area contributed by atoms with Gasteiger partial charge in [-0.3, -0.25) is 9.48 Å². The fraction of sp³-hybridized carbons (Fsp3) is 0.391. The van der Waals surface area contributed by atoms with Gasteiger partial charge in [0.15, 0.2) is 0 Å². The zero-order valence-electron chi connectivity index (χ0n) is 18.5. The van der Waals surface area contributed by atoms with E-state index in [2.05, 4.69) is 20.4 Å². The lowest BCUT2D eigenvalue weighted by atomic mass is 9.69. The van der Waals surface area contributed by atoms with E-state index in [1.165, 1.54) is 12.6 Å². The SMILES string of the molecule is NCC1(Cn2ncc(-c3nc(Nc4ccc(N5CCOCC5=O)cc4)ncc3Cl)c2Cl)CCC1. The first kappa shape index (κ1) is 23.0. The van der Waals surface area contributed by atoms with Crippen molar-refractivity contribution < 1.29 is 9.53 Å². The summed E-state index contributed by atoms with van der Waals surface area (Å²) in [5.41, 5.74) is 8.80. The van der Waals surface area contributed by atoms with Crippen molar-refractivity contribution in [2.75, 3.05) is 36.5 Å². The van der Waals surface area contributed by atoms with Gasteiger partial charge in [-0.1, -0.05) is 29.6 Å². The minimum absolute atomic E-state index is 0.0512. The molecule has 1 aliphatic heterocycles. The Morgan fingerprint density at radius 1 is 1.18 bits per heavy atom. The van der Waals surface area contributed by atoms with E-state index in [1.807, 2.05) is 24.3 Å². The number of carbonyl (C=O) groups is 1.